The lowest BCUT2D eigenvalue weighted by Crippen LogP contribution is -2.23. The summed E-state index contributed by atoms with van der Waals surface area (Å²) in [7, 11) is 0. The molecule has 0 aliphatic rings. The van der Waals surface area contributed by atoms with Gasteiger partial charge in [0.15, 0.2) is 0 Å². The molecule has 29 heavy (non-hydrogen) atoms. The number of fused-ring (bicyclic) bond motifs is 1. The van der Waals surface area contributed by atoms with Crippen LogP contribution in [0.3, 0.4) is 0 Å². The topological polar surface area (TPSA) is 60.5 Å². The number of carbonyl (C=O) groups excluding carboxylic acids is 1. The molecule has 1 N–H and O–H groups in total. The van der Waals surface area contributed by atoms with Gasteiger partial charge in [0.25, 0.3) is 0 Å². The van der Waals surface area contributed by atoms with E-state index in [1.807, 2.05) is 62.4 Å². The molecule has 2 atom stereocenters. The van der Waals surface area contributed by atoms with Crippen molar-refractivity contribution < 1.29 is 14.3 Å². The molecule has 0 aliphatic carbocycles. The van der Waals surface area contributed by atoms with Gasteiger partial charge in [0, 0.05) is 18.4 Å². The third-order valence-corrected chi connectivity index (χ3v) is 4.88. The monoisotopic (exact) mass is 392 g/mol. The molecule has 3 rings (SSSR count). The fraction of sp³-hybridized carbons (Fsp3) is 0.333. The molecule has 0 saturated heterocycles. The molecule has 5 nitrogen and oxygen atoms in total. The number of aryl methyl sites for hydroxylation is 1. The number of carbonyl (C=O) groups is 1. The first-order valence-corrected chi connectivity index (χ1v) is 9.98. The van der Waals surface area contributed by atoms with Crippen LogP contribution in [0.4, 0.5) is 0 Å². The van der Waals surface area contributed by atoms with Crippen LogP contribution in [0, 0.1) is 6.92 Å². The number of aromatic nitrogens is 1. The van der Waals surface area contributed by atoms with E-state index in [9.17, 15) is 4.79 Å². The Morgan fingerprint density at radius 1 is 1.10 bits per heavy atom. The molecule has 3 aromatic rings. The number of hydrogen-bond acceptors (Lipinski definition) is 4. The predicted octanol–water partition coefficient (Wildman–Crippen LogP) is 5.71. The van der Waals surface area contributed by atoms with Gasteiger partial charge in [0.05, 0.1) is 17.7 Å². The number of ether oxygens (including phenoxy) is 2. The first-order valence-electron chi connectivity index (χ1n) is 9.98. The van der Waals surface area contributed by atoms with E-state index in [1.165, 1.54) is 6.92 Å². The summed E-state index contributed by atoms with van der Waals surface area (Å²) in [5.41, 5.74) is 2.87. The summed E-state index contributed by atoms with van der Waals surface area (Å²) in [5.74, 6) is 2.09. The normalized spacial score (nSPS) is 13.0. The first-order chi connectivity index (χ1) is 13.9. The van der Waals surface area contributed by atoms with Crippen LogP contribution >= 0.6 is 0 Å². The molecule has 0 fully saturated rings. The molecular formula is C24H28N2O3. The zero-order valence-electron chi connectivity index (χ0n) is 17.7. The average Bonchev–Trinajstić information content (AvgIpc) is 2.69. The van der Waals surface area contributed by atoms with Crippen molar-refractivity contribution in [2.45, 2.75) is 53.2 Å². The molecule has 1 aromatic heterocycles. The minimum Gasteiger partial charge on any atom is -0.491 e. The van der Waals surface area contributed by atoms with E-state index in [4.69, 9.17) is 9.47 Å². The molecule has 0 radical (unpaired) electrons. The minimum absolute atomic E-state index is 0.0459. The van der Waals surface area contributed by atoms with Crippen molar-refractivity contribution >= 4 is 16.8 Å². The summed E-state index contributed by atoms with van der Waals surface area (Å²) in [6.07, 6.45) is 1.14. The van der Waals surface area contributed by atoms with E-state index < -0.39 is 0 Å². The highest BCUT2D eigenvalue weighted by Crippen LogP contribution is 2.29. The molecule has 1 heterocycles. The van der Waals surface area contributed by atoms with Gasteiger partial charge < -0.3 is 14.8 Å². The highest BCUT2D eigenvalue weighted by atomic mass is 16.5. The van der Waals surface area contributed by atoms with Gasteiger partial charge in [-0.3, -0.25) is 4.79 Å². The Hall–Kier alpha value is -3.08. The van der Waals surface area contributed by atoms with Gasteiger partial charge >= 0.3 is 0 Å². The van der Waals surface area contributed by atoms with E-state index in [2.05, 4.69) is 24.1 Å². The molecule has 0 spiro atoms. The van der Waals surface area contributed by atoms with Gasteiger partial charge in [-0.05, 0) is 74.7 Å². The summed E-state index contributed by atoms with van der Waals surface area (Å²) in [6, 6.07) is 15.6. The lowest BCUT2D eigenvalue weighted by molar-refractivity contribution is -0.119. The summed E-state index contributed by atoms with van der Waals surface area (Å²) in [6.45, 7) is 9.64. The standard InChI is InChI=1S/C24H28N2O3/c1-6-16(3)28-21-9-11-23(15(2)13-21)29-24-12-8-20-14-19(7-10-22(20)26-24)17(4)25-18(5)27/h7-14,16-17H,6H2,1-5H3,(H,25,27). The Balaban J connectivity index is 1.78. The number of rotatable bonds is 7. The van der Waals surface area contributed by atoms with E-state index in [0.29, 0.717) is 5.88 Å². The summed E-state index contributed by atoms with van der Waals surface area (Å²) in [5, 5.41) is 3.90. The largest absolute Gasteiger partial charge is 0.491 e. The second kappa shape index (κ2) is 8.95. The van der Waals surface area contributed by atoms with Crippen molar-refractivity contribution in [2.75, 3.05) is 0 Å². The highest BCUT2D eigenvalue weighted by molar-refractivity contribution is 5.80. The smallest absolute Gasteiger partial charge is 0.219 e. The van der Waals surface area contributed by atoms with Crippen molar-refractivity contribution in [3.63, 3.8) is 0 Å². The van der Waals surface area contributed by atoms with Gasteiger partial charge in [0.2, 0.25) is 11.8 Å². The number of benzene rings is 2. The molecule has 1 amide bonds. The van der Waals surface area contributed by atoms with E-state index >= 15 is 0 Å². The molecule has 2 unspecified atom stereocenters. The number of nitrogens with one attached hydrogen (secondary N) is 1. The molecule has 0 bridgehead atoms. The number of hydrogen-bond donors (Lipinski definition) is 1. The Morgan fingerprint density at radius 3 is 2.59 bits per heavy atom. The lowest BCUT2D eigenvalue weighted by atomic mass is 10.1. The number of amides is 1. The third-order valence-electron chi connectivity index (χ3n) is 4.88. The molecule has 152 valence electrons. The Bertz CT molecular complexity index is 1020. The zero-order chi connectivity index (χ0) is 21.0. The molecule has 2 aromatic carbocycles. The van der Waals surface area contributed by atoms with Gasteiger partial charge in [-0.1, -0.05) is 13.0 Å². The maximum absolute atomic E-state index is 11.3. The van der Waals surface area contributed by atoms with Crippen molar-refractivity contribution in [3.05, 3.63) is 59.7 Å². The van der Waals surface area contributed by atoms with Crippen molar-refractivity contribution in [1.29, 1.82) is 0 Å². The van der Waals surface area contributed by atoms with Gasteiger partial charge in [0.1, 0.15) is 11.5 Å². The summed E-state index contributed by atoms with van der Waals surface area (Å²) in [4.78, 5) is 15.9. The fourth-order valence-corrected chi connectivity index (χ4v) is 3.08. The van der Waals surface area contributed by atoms with Crippen LogP contribution in [0.15, 0.2) is 48.5 Å². The average molecular weight is 392 g/mol. The molecule has 0 saturated carbocycles. The number of pyridine rings is 1. The summed E-state index contributed by atoms with van der Waals surface area (Å²) >= 11 is 0. The molecule has 0 aliphatic heterocycles. The van der Waals surface area contributed by atoms with E-state index in [1.54, 1.807) is 0 Å². The van der Waals surface area contributed by atoms with Crippen LogP contribution < -0.4 is 14.8 Å². The second-order valence-corrected chi connectivity index (χ2v) is 7.39. The van der Waals surface area contributed by atoms with Gasteiger partial charge in [-0.15, -0.1) is 0 Å². The maximum Gasteiger partial charge on any atom is 0.219 e. The SMILES string of the molecule is CCC(C)Oc1ccc(Oc2ccc3cc(C(C)NC(C)=O)ccc3n2)c(C)c1. The first kappa shape index (κ1) is 20.6. The van der Waals surface area contributed by atoms with Crippen LogP contribution in [0.1, 0.15) is 51.3 Å². The number of nitrogens with zero attached hydrogens (tertiary/aromatic N) is 1. The van der Waals surface area contributed by atoms with Crippen LogP contribution in [-0.4, -0.2) is 17.0 Å². The van der Waals surface area contributed by atoms with Crippen LogP contribution in [-0.2, 0) is 4.79 Å². The minimum atomic E-state index is -0.0494. The predicted molar refractivity (Wildman–Crippen MR) is 116 cm³/mol. The van der Waals surface area contributed by atoms with Crippen molar-refractivity contribution in [2.24, 2.45) is 0 Å². The quantitative estimate of drug-likeness (QED) is 0.559. The van der Waals surface area contributed by atoms with Crippen LogP contribution in [0.5, 0.6) is 17.4 Å². The van der Waals surface area contributed by atoms with E-state index in [0.717, 1.165) is 39.9 Å². The van der Waals surface area contributed by atoms with Crippen LogP contribution in [0.2, 0.25) is 0 Å². The van der Waals surface area contributed by atoms with Crippen molar-refractivity contribution in [1.82, 2.24) is 10.3 Å². The highest BCUT2D eigenvalue weighted by Gasteiger charge is 2.10. The second-order valence-electron chi connectivity index (χ2n) is 7.39. The summed E-state index contributed by atoms with van der Waals surface area (Å²) < 4.78 is 11.9. The van der Waals surface area contributed by atoms with Gasteiger partial charge in [-0.2, -0.15) is 0 Å². The lowest BCUT2D eigenvalue weighted by Gasteiger charge is -2.15. The fourth-order valence-electron chi connectivity index (χ4n) is 3.08. The van der Waals surface area contributed by atoms with Gasteiger partial charge in [-0.25, -0.2) is 4.98 Å². The van der Waals surface area contributed by atoms with E-state index in [-0.39, 0.29) is 18.1 Å². The Morgan fingerprint density at radius 2 is 1.90 bits per heavy atom. The third kappa shape index (κ3) is 5.25. The Labute approximate surface area is 172 Å². The Kier molecular flexibility index (Phi) is 6.37. The zero-order valence-corrected chi connectivity index (χ0v) is 17.7. The molecular weight excluding hydrogens is 364 g/mol. The molecule has 5 heteroatoms. The van der Waals surface area contributed by atoms with Crippen LogP contribution in [0.25, 0.3) is 10.9 Å². The van der Waals surface area contributed by atoms with Crippen molar-refractivity contribution in [3.8, 4) is 17.4 Å². The maximum atomic E-state index is 11.3.